The van der Waals surface area contributed by atoms with Crippen molar-refractivity contribution in [2.45, 2.75) is 10.5 Å². The first-order valence-corrected chi connectivity index (χ1v) is 9.33. The maximum Gasteiger partial charge on any atom is 0.257 e. The second kappa shape index (κ2) is 7.36. The molecule has 128 valence electrons. The van der Waals surface area contributed by atoms with Crippen LogP contribution in [0.2, 0.25) is 5.02 Å². The number of para-hydroxylation sites is 2. The Morgan fingerprint density at radius 2 is 1.62 bits per heavy atom. The highest BCUT2D eigenvalue weighted by Gasteiger charge is 2.25. The van der Waals surface area contributed by atoms with E-state index in [1.807, 2.05) is 66.7 Å². The van der Waals surface area contributed by atoms with Crippen LogP contribution in [0.4, 0.5) is 0 Å². The number of fused-ring (bicyclic) bond motifs is 1. The molecule has 1 aromatic heterocycles. The smallest absolute Gasteiger partial charge is 0.257 e. The number of nitrogens with zero attached hydrogens (tertiary/aromatic N) is 1. The van der Waals surface area contributed by atoms with Gasteiger partial charge in [0.1, 0.15) is 10.8 Å². The van der Waals surface area contributed by atoms with Crippen LogP contribution in [0.1, 0.15) is 21.2 Å². The highest BCUT2D eigenvalue weighted by molar-refractivity contribution is 8.00. The molecule has 0 amide bonds. The summed E-state index contributed by atoms with van der Waals surface area (Å²) in [5.74, 6) is 0.000165. The lowest BCUT2D eigenvalue weighted by molar-refractivity contribution is 0.0989. The topological polar surface area (TPSA) is 43.1 Å². The molecule has 1 heterocycles. The van der Waals surface area contributed by atoms with Gasteiger partial charge in [0.2, 0.25) is 0 Å². The fourth-order valence-electron chi connectivity index (χ4n) is 2.67. The molecule has 3 aromatic carbocycles. The summed E-state index contributed by atoms with van der Waals surface area (Å²) in [6.45, 7) is 0. The van der Waals surface area contributed by atoms with Crippen molar-refractivity contribution in [2.24, 2.45) is 0 Å². The normalized spacial score (nSPS) is 12.2. The van der Waals surface area contributed by atoms with Crippen molar-refractivity contribution in [3.63, 3.8) is 0 Å². The summed E-state index contributed by atoms with van der Waals surface area (Å²) in [5, 5.41) is 0.629. The van der Waals surface area contributed by atoms with Crippen molar-refractivity contribution in [3.8, 4) is 0 Å². The van der Waals surface area contributed by atoms with Crippen LogP contribution in [0.3, 0.4) is 0 Å². The van der Waals surface area contributed by atoms with Crippen molar-refractivity contribution in [3.05, 3.63) is 95.0 Å². The fourth-order valence-corrected chi connectivity index (χ4v) is 3.82. The zero-order valence-corrected chi connectivity index (χ0v) is 15.2. The first kappa shape index (κ1) is 16.9. The number of carbonyl (C=O) groups excluding carboxylic acids is 1. The van der Waals surface area contributed by atoms with Gasteiger partial charge in [-0.3, -0.25) is 4.79 Å². The molecule has 0 aliphatic heterocycles. The molecule has 5 heteroatoms. The number of ketones is 1. The van der Waals surface area contributed by atoms with Crippen molar-refractivity contribution in [2.75, 3.05) is 0 Å². The van der Waals surface area contributed by atoms with Crippen molar-refractivity contribution < 1.29 is 9.21 Å². The van der Waals surface area contributed by atoms with E-state index >= 15 is 0 Å². The third-order valence-electron chi connectivity index (χ3n) is 3.96. The Morgan fingerprint density at radius 3 is 2.35 bits per heavy atom. The Balaban J connectivity index is 1.72. The molecule has 0 aliphatic carbocycles. The molecule has 0 spiro atoms. The molecule has 0 aliphatic rings. The lowest BCUT2D eigenvalue weighted by atomic mass is 10.0. The van der Waals surface area contributed by atoms with E-state index in [4.69, 9.17) is 16.0 Å². The average molecular weight is 380 g/mol. The van der Waals surface area contributed by atoms with E-state index in [1.165, 1.54) is 11.8 Å². The molecule has 0 saturated heterocycles. The molecule has 3 nitrogen and oxygen atoms in total. The molecule has 0 N–H and O–H groups in total. The van der Waals surface area contributed by atoms with Crippen LogP contribution in [-0.2, 0) is 0 Å². The first-order valence-electron chi connectivity index (χ1n) is 8.08. The molecule has 0 saturated carbocycles. The molecule has 1 atom stereocenters. The van der Waals surface area contributed by atoms with Gasteiger partial charge in [-0.25, -0.2) is 4.98 Å². The second-order valence-corrected chi connectivity index (χ2v) is 7.22. The van der Waals surface area contributed by atoms with Gasteiger partial charge in [-0.1, -0.05) is 78.0 Å². The van der Waals surface area contributed by atoms with E-state index in [0.717, 1.165) is 11.1 Å². The van der Waals surface area contributed by atoms with Crippen LogP contribution in [0.15, 0.2) is 88.5 Å². The molecule has 0 fully saturated rings. The number of Topliss-reactive ketones (excluding diaryl/α,β-unsaturated/α-hetero) is 1. The number of hydrogen-bond acceptors (Lipinski definition) is 4. The number of hydrogen-bond donors (Lipinski definition) is 0. The number of carbonyl (C=O) groups is 1. The monoisotopic (exact) mass is 379 g/mol. The molecule has 0 radical (unpaired) electrons. The lowest BCUT2D eigenvalue weighted by Gasteiger charge is -2.14. The predicted molar refractivity (Wildman–Crippen MR) is 105 cm³/mol. The lowest BCUT2D eigenvalue weighted by Crippen LogP contribution is -2.10. The van der Waals surface area contributed by atoms with Crippen LogP contribution in [-0.4, -0.2) is 10.8 Å². The third kappa shape index (κ3) is 3.52. The maximum atomic E-state index is 13.1. The van der Waals surface area contributed by atoms with E-state index in [2.05, 4.69) is 4.98 Å². The zero-order valence-electron chi connectivity index (χ0n) is 13.6. The van der Waals surface area contributed by atoms with Gasteiger partial charge >= 0.3 is 0 Å². The highest BCUT2D eigenvalue weighted by atomic mass is 35.5. The highest BCUT2D eigenvalue weighted by Crippen LogP contribution is 2.38. The number of oxazole rings is 1. The van der Waals surface area contributed by atoms with E-state index in [1.54, 1.807) is 12.1 Å². The quantitative estimate of drug-likeness (QED) is 0.306. The second-order valence-electron chi connectivity index (χ2n) is 5.73. The van der Waals surface area contributed by atoms with Gasteiger partial charge in [0.05, 0.1) is 0 Å². The van der Waals surface area contributed by atoms with Gasteiger partial charge in [0, 0.05) is 10.6 Å². The number of benzene rings is 3. The number of thioether (sulfide) groups is 1. The van der Waals surface area contributed by atoms with E-state index in [0.29, 0.717) is 21.4 Å². The molecular weight excluding hydrogens is 366 g/mol. The minimum absolute atomic E-state index is 0.000165. The van der Waals surface area contributed by atoms with Gasteiger partial charge in [-0.05, 0) is 29.8 Å². The Labute approximate surface area is 160 Å². The first-order chi connectivity index (χ1) is 12.7. The Kier molecular flexibility index (Phi) is 4.78. The van der Waals surface area contributed by atoms with Gasteiger partial charge in [0.15, 0.2) is 11.4 Å². The van der Waals surface area contributed by atoms with Crippen molar-refractivity contribution >= 4 is 40.2 Å². The molecular formula is C21H14ClNO2S. The minimum atomic E-state index is -0.470. The predicted octanol–water partition coefficient (Wildman–Crippen LogP) is 6.20. The number of halogens is 1. The molecule has 4 aromatic rings. The van der Waals surface area contributed by atoms with Crippen molar-refractivity contribution in [1.82, 2.24) is 4.98 Å². The molecule has 4 rings (SSSR count). The summed E-state index contributed by atoms with van der Waals surface area (Å²) in [4.78, 5) is 17.6. The van der Waals surface area contributed by atoms with Crippen LogP contribution < -0.4 is 0 Å². The Hall–Kier alpha value is -2.56. The van der Waals surface area contributed by atoms with Gasteiger partial charge in [-0.15, -0.1) is 0 Å². The number of rotatable bonds is 5. The molecule has 26 heavy (non-hydrogen) atoms. The zero-order chi connectivity index (χ0) is 17.9. The van der Waals surface area contributed by atoms with Crippen molar-refractivity contribution in [1.29, 1.82) is 0 Å². The summed E-state index contributed by atoms with van der Waals surface area (Å²) in [6.07, 6.45) is 0. The van der Waals surface area contributed by atoms with E-state index in [9.17, 15) is 4.79 Å². The summed E-state index contributed by atoms with van der Waals surface area (Å²) in [6, 6.07) is 24.1. The van der Waals surface area contributed by atoms with Crippen LogP contribution in [0.25, 0.3) is 11.1 Å². The molecule has 1 unspecified atom stereocenters. The summed E-state index contributed by atoms with van der Waals surface area (Å²) < 4.78 is 5.80. The van der Waals surface area contributed by atoms with Crippen LogP contribution in [0.5, 0.6) is 0 Å². The standard InChI is InChI=1S/C21H14ClNO2S/c22-16-12-10-15(11-13-16)20(19(24)14-6-2-1-3-7-14)26-21-23-17-8-4-5-9-18(17)25-21/h1-13,20H. The fraction of sp³-hybridized carbons (Fsp3) is 0.0476. The summed E-state index contributed by atoms with van der Waals surface area (Å²) in [5.41, 5.74) is 2.99. The van der Waals surface area contributed by atoms with E-state index in [-0.39, 0.29) is 5.78 Å². The van der Waals surface area contributed by atoms with E-state index < -0.39 is 5.25 Å². The summed E-state index contributed by atoms with van der Waals surface area (Å²) in [7, 11) is 0. The average Bonchev–Trinajstić information content (AvgIpc) is 3.10. The molecule has 0 bridgehead atoms. The number of aromatic nitrogens is 1. The minimum Gasteiger partial charge on any atom is -0.431 e. The largest absolute Gasteiger partial charge is 0.431 e. The van der Waals surface area contributed by atoms with Gasteiger partial charge in [-0.2, -0.15) is 0 Å². The SMILES string of the molecule is O=C(c1ccccc1)C(Sc1nc2ccccc2o1)c1ccc(Cl)cc1. The third-order valence-corrected chi connectivity index (χ3v) is 5.31. The Morgan fingerprint density at radius 1 is 0.923 bits per heavy atom. The van der Waals surface area contributed by atoms with Crippen LogP contribution >= 0.6 is 23.4 Å². The van der Waals surface area contributed by atoms with Gasteiger partial charge < -0.3 is 4.42 Å². The van der Waals surface area contributed by atoms with Crippen LogP contribution in [0, 0.1) is 0 Å². The Bertz CT molecular complexity index is 1010. The van der Waals surface area contributed by atoms with Gasteiger partial charge in [0.25, 0.3) is 5.22 Å². The maximum absolute atomic E-state index is 13.1. The summed E-state index contributed by atoms with van der Waals surface area (Å²) >= 11 is 7.31.